The SMILES string of the molecule is [2H]C1=C2N([2H])C([2H])(C(F)(F)F)C([2H])([2H])C([2H])(O)C2([2H])C([2H])(OC)C([2H])([2H])C1([2H])[2H]. The first-order valence-corrected chi connectivity index (χ1v) is 4.35. The normalized spacial score (nSPS) is 75.7. The van der Waals surface area contributed by atoms with Crippen LogP contribution < -0.4 is 5.31 Å². The number of hydrogen-bond acceptors (Lipinski definition) is 3. The number of aliphatic hydroxyl groups is 1. The Bertz CT molecular complexity index is 773. The zero-order valence-electron chi connectivity index (χ0n) is 20.4. The molecule has 2 rings (SSSR count). The summed E-state index contributed by atoms with van der Waals surface area (Å²) in [6, 6.07) is -6.66. The highest BCUT2D eigenvalue weighted by Gasteiger charge is 2.48. The molecular formula is C11H16F3NO2. The Balaban J connectivity index is 3.18. The van der Waals surface area contributed by atoms with Crippen LogP contribution >= 0.6 is 0 Å². The predicted octanol–water partition coefficient (Wildman–Crippen LogP) is 1.58. The number of methoxy groups -OCH3 is 1. The van der Waals surface area contributed by atoms with Crippen LogP contribution in [0.4, 0.5) is 13.2 Å². The van der Waals surface area contributed by atoms with Gasteiger partial charge in [-0.1, -0.05) is 6.05 Å². The standard InChI is InChI=1S/C11H16F3NO2/c1-17-8-4-2-3-6-10(8)7(16)5-9(15-6)11(12,13)14/h3,7-10,15-16H,2,4-5H2,1H3/i2D2,3D,4D2,5D2,7D,8D,9D,10D/hD. The first kappa shape index (κ1) is 4.42. The van der Waals surface area contributed by atoms with Crippen LogP contribution in [-0.2, 0) is 4.74 Å². The first-order chi connectivity index (χ1) is 12.5. The van der Waals surface area contributed by atoms with Gasteiger partial charge in [0.25, 0.3) is 0 Å². The highest BCUT2D eigenvalue weighted by molar-refractivity contribution is 5.18. The number of fused-ring (bicyclic) bond motifs is 1. The molecule has 0 aromatic carbocycles. The largest absolute Gasteiger partial charge is 0.408 e. The molecule has 4 unspecified atom stereocenters. The lowest BCUT2D eigenvalue weighted by Crippen LogP contribution is -2.55. The molecule has 98 valence electrons. The number of nitrogens with one attached hydrogen (secondary N) is 1. The topological polar surface area (TPSA) is 41.5 Å². The molecule has 2 aliphatic rings. The first-order valence-electron chi connectivity index (χ1n) is 10.3. The molecule has 1 heterocycles. The molecule has 4 atom stereocenters. The number of allylic oxidation sites excluding steroid dienone is 1. The van der Waals surface area contributed by atoms with Gasteiger partial charge in [-0.25, -0.2) is 0 Å². The molecule has 0 amide bonds. The maximum atomic E-state index is 13.7. The van der Waals surface area contributed by atoms with Crippen molar-refractivity contribution < 1.29 is 39.5 Å². The van der Waals surface area contributed by atoms with Gasteiger partial charge in [0.05, 0.1) is 23.5 Å². The summed E-state index contributed by atoms with van der Waals surface area (Å²) in [6.07, 6.45) is -26.4. The summed E-state index contributed by atoms with van der Waals surface area (Å²) in [5.41, 5.74) is -1.89. The fourth-order valence-corrected chi connectivity index (χ4v) is 1.29. The van der Waals surface area contributed by atoms with Gasteiger partial charge in [0.2, 0.25) is 0 Å². The van der Waals surface area contributed by atoms with Gasteiger partial charge in [0.15, 0.2) is 1.41 Å². The van der Waals surface area contributed by atoms with E-state index < -0.39 is 66.4 Å². The number of hydrogen-bond donors (Lipinski definition) is 2. The van der Waals surface area contributed by atoms with E-state index in [-0.39, 0.29) is 0 Å². The molecule has 0 bridgehead atoms. The van der Waals surface area contributed by atoms with Crippen LogP contribution in [-0.4, -0.2) is 36.6 Å². The van der Waals surface area contributed by atoms with Crippen molar-refractivity contribution in [3.63, 3.8) is 0 Å². The van der Waals surface area contributed by atoms with Crippen molar-refractivity contribution in [3.05, 3.63) is 11.7 Å². The van der Waals surface area contributed by atoms with E-state index in [1.54, 1.807) is 0 Å². The minimum absolute atomic E-state index is 0.510. The predicted molar refractivity (Wildman–Crippen MR) is 55.2 cm³/mol. The van der Waals surface area contributed by atoms with Gasteiger partial charge < -0.3 is 15.2 Å². The van der Waals surface area contributed by atoms with E-state index in [1.165, 1.54) is 0 Å². The monoisotopic (exact) mass is 263 g/mol. The van der Waals surface area contributed by atoms with Crippen molar-refractivity contribution in [2.75, 3.05) is 7.11 Å². The molecule has 0 aromatic rings. The van der Waals surface area contributed by atoms with Gasteiger partial charge in [0.1, 0.15) is 6.02 Å². The van der Waals surface area contributed by atoms with Crippen LogP contribution in [0.15, 0.2) is 11.7 Å². The van der Waals surface area contributed by atoms with Crippen molar-refractivity contribution in [2.24, 2.45) is 5.89 Å². The van der Waals surface area contributed by atoms with Gasteiger partial charge in [-0.15, -0.1) is 0 Å². The summed E-state index contributed by atoms with van der Waals surface area (Å²) >= 11 is 0. The number of halogens is 3. The lowest BCUT2D eigenvalue weighted by Gasteiger charge is -2.42. The van der Waals surface area contributed by atoms with Crippen LogP contribution in [0.5, 0.6) is 0 Å². The molecule has 1 fully saturated rings. The zero-order chi connectivity index (χ0) is 23.4. The maximum absolute atomic E-state index is 13.7. The molecule has 3 nitrogen and oxygen atoms in total. The number of alkyl halides is 3. The maximum Gasteiger partial charge on any atom is 0.408 e. The molecule has 1 aliphatic heterocycles. The lowest BCUT2D eigenvalue weighted by molar-refractivity contribution is -0.171. The van der Waals surface area contributed by atoms with Gasteiger partial charge in [-0.2, -0.15) is 13.2 Å². The molecule has 1 saturated heterocycles. The zero-order valence-corrected chi connectivity index (χ0v) is 8.44. The molecule has 0 spiro atoms. The van der Waals surface area contributed by atoms with Crippen LogP contribution in [0.3, 0.4) is 0 Å². The van der Waals surface area contributed by atoms with Gasteiger partial charge in [0, 0.05) is 28.8 Å². The Labute approximate surface area is 115 Å². The fraction of sp³-hybridized carbons (Fsp3) is 0.818. The van der Waals surface area contributed by atoms with E-state index in [9.17, 15) is 18.3 Å². The van der Waals surface area contributed by atoms with Crippen LogP contribution in [0, 0.1) is 5.89 Å². The third kappa shape index (κ3) is 2.42. The average molecular weight is 263 g/mol. The third-order valence-corrected chi connectivity index (χ3v) is 1.99. The smallest absolute Gasteiger partial charge is 0.392 e. The van der Waals surface area contributed by atoms with E-state index in [0.29, 0.717) is 7.11 Å². The quantitative estimate of drug-likeness (QED) is 0.754. The number of piperidine rings is 1. The highest BCUT2D eigenvalue weighted by atomic mass is 19.4. The number of rotatable bonds is 1. The van der Waals surface area contributed by atoms with Crippen molar-refractivity contribution in [1.29, 1.82) is 0 Å². The van der Waals surface area contributed by atoms with Crippen LogP contribution in [0.1, 0.15) is 34.2 Å². The molecule has 0 aromatic heterocycles. The summed E-state index contributed by atoms with van der Waals surface area (Å²) in [4.78, 5) is 0. The molecule has 0 radical (unpaired) electrons. The summed E-state index contributed by atoms with van der Waals surface area (Å²) in [6.45, 7) is 0. The van der Waals surface area contributed by atoms with Crippen molar-refractivity contribution in [3.8, 4) is 0 Å². The van der Waals surface area contributed by atoms with E-state index in [0.717, 1.165) is 0 Å². The van der Waals surface area contributed by atoms with Crippen molar-refractivity contribution in [1.82, 2.24) is 5.31 Å². The van der Waals surface area contributed by atoms with Crippen LogP contribution in [0.2, 0.25) is 1.41 Å². The van der Waals surface area contributed by atoms with E-state index in [1.807, 2.05) is 0 Å². The summed E-state index contributed by atoms with van der Waals surface area (Å²) in [7, 11) is 0.510. The molecule has 2 N–H and O–H groups in total. The Hall–Kier alpha value is -0.750. The van der Waals surface area contributed by atoms with Gasteiger partial charge in [-0.05, 0) is 12.7 Å². The molecule has 1 aliphatic carbocycles. The van der Waals surface area contributed by atoms with Crippen LogP contribution in [0.25, 0.3) is 0 Å². The summed E-state index contributed by atoms with van der Waals surface area (Å²) in [5.74, 6) is -4.00. The Kier molecular flexibility index (Phi) is 1.17. The molecule has 17 heavy (non-hydrogen) atoms. The number of ether oxygens (including phenoxy) is 1. The Morgan fingerprint density at radius 2 is 2.47 bits per heavy atom. The molecular weight excluding hydrogens is 235 g/mol. The summed E-state index contributed by atoms with van der Waals surface area (Å²) < 4.78 is 140. The van der Waals surface area contributed by atoms with E-state index >= 15 is 0 Å². The molecule has 6 heteroatoms. The minimum atomic E-state index is -6.01. The summed E-state index contributed by atoms with van der Waals surface area (Å²) in [5, 5.41) is 9.43. The fourth-order valence-electron chi connectivity index (χ4n) is 1.29. The Morgan fingerprint density at radius 1 is 1.76 bits per heavy atom. The second-order valence-electron chi connectivity index (χ2n) is 3.06. The molecule has 0 saturated carbocycles. The van der Waals surface area contributed by atoms with E-state index in [4.69, 9.17) is 16.5 Å². The van der Waals surface area contributed by atoms with Gasteiger partial charge >= 0.3 is 6.18 Å². The second kappa shape index (κ2) is 4.49. The van der Waals surface area contributed by atoms with Gasteiger partial charge in [-0.3, -0.25) is 0 Å². The second-order valence-corrected chi connectivity index (χ2v) is 3.06. The Morgan fingerprint density at radius 3 is 3.06 bits per heavy atom. The average Bonchev–Trinajstić information content (AvgIpc) is 2.55. The highest BCUT2D eigenvalue weighted by Crippen LogP contribution is 2.37. The lowest BCUT2D eigenvalue weighted by atomic mass is 9.79. The van der Waals surface area contributed by atoms with Crippen molar-refractivity contribution >= 4 is 0 Å². The minimum Gasteiger partial charge on any atom is -0.392 e. The van der Waals surface area contributed by atoms with Crippen molar-refractivity contribution in [2.45, 2.75) is 43.5 Å². The third-order valence-electron chi connectivity index (χ3n) is 1.99. The van der Waals surface area contributed by atoms with E-state index in [2.05, 4.69) is 4.74 Å².